The number of thioether (sulfide) groups is 1. The molecule has 0 aliphatic carbocycles. The van der Waals surface area contributed by atoms with Gasteiger partial charge in [0.25, 0.3) is 5.22 Å². The van der Waals surface area contributed by atoms with Gasteiger partial charge in [-0.3, -0.25) is 4.98 Å². The second-order valence-electron chi connectivity index (χ2n) is 4.26. The van der Waals surface area contributed by atoms with E-state index in [0.29, 0.717) is 11.1 Å². The van der Waals surface area contributed by atoms with Crippen LogP contribution in [0.4, 0.5) is 0 Å². The van der Waals surface area contributed by atoms with Crippen LogP contribution < -0.4 is 4.74 Å². The molecule has 0 saturated heterocycles. The van der Waals surface area contributed by atoms with Crippen molar-refractivity contribution >= 4 is 11.8 Å². The van der Waals surface area contributed by atoms with Crippen LogP contribution in [0.3, 0.4) is 0 Å². The third-order valence-corrected chi connectivity index (χ3v) is 3.70. The molecule has 0 radical (unpaired) electrons. The molecular weight excluding hydrogens is 286 g/mol. The topological polar surface area (TPSA) is 61.0 Å². The van der Waals surface area contributed by atoms with Crippen LogP contribution >= 0.6 is 11.8 Å². The van der Waals surface area contributed by atoms with E-state index in [4.69, 9.17) is 9.15 Å². The average molecular weight is 299 g/mol. The molecule has 6 heteroatoms. The van der Waals surface area contributed by atoms with E-state index in [1.54, 1.807) is 19.5 Å². The van der Waals surface area contributed by atoms with Gasteiger partial charge in [0.1, 0.15) is 5.75 Å². The zero-order valence-corrected chi connectivity index (χ0v) is 12.2. The fourth-order valence-corrected chi connectivity index (χ4v) is 2.49. The van der Waals surface area contributed by atoms with E-state index in [1.807, 2.05) is 36.4 Å². The van der Waals surface area contributed by atoms with E-state index in [-0.39, 0.29) is 0 Å². The van der Waals surface area contributed by atoms with Gasteiger partial charge in [-0.05, 0) is 29.8 Å². The minimum absolute atomic E-state index is 0.483. The molecule has 3 rings (SSSR count). The molecule has 0 saturated carbocycles. The summed E-state index contributed by atoms with van der Waals surface area (Å²) in [7, 11) is 1.66. The van der Waals surface area contributed by atoms with Crippen LogP contribution in [0.25, 0.3) is 11.5 Å². The summed E-state index contributed by atoms with van der Waals surface area (Å²) in [6.45, 7) is 0. The highest BCUT2D eigenvalue weighted by Crippen LogP contribution is 2.26. The Kier molecular flexibility index (Phi) is 4.16. The molecule has 0 fully saturated rings. The van der Waals surface area contributed by atoms with Gasteiger partial charge in [0.15, 0.2) is 0 Å². The molecule has 3 aromatic rings. The summed E-state index contributed by atoms with van der Waals surface area (Å²) >= 11 is 1.49. The normalized spacial score (nSPS) is 10.5. The molecule has 0 bridgehead atoms. The number of benzene rings is 1. The smallest absolute Gasteiger partial charge is 0.277 e. The molecule has 2 aromatic heterocycles. The third kappa shape index (κ3) is 3.41. The molecule has 1 aromatic carbocycles. The van der Waals surface area contributed by atoms with Gasteiger partial charge in [0.2, 0.25) is 5.89 Å². The second kappa shape index (κ2) is 6.41. The average Bonchev–Trinajstić information content (AvgIpc) is 3.03. The van der Waals surface area contributed by atoms with Crippen molar-refractivity contribution in [2.45, 2.75) is 11.0 Å². The van der Waals surface area contributed by atoms with Gasteiger partial charge in [-0.25, -0.2) is 0 Å². The van der Waals surface area contributed by atoms with E-state index in [9.17, 15) is 0 Å². The number of hydrogen-bond acceptors (Lipinski definition) is 6. The van der Waals surface area contributed by atoms with E-state index < -0.39 is 0 Å². The number of rotatable bonds is 5. The van der Waals surface area contributed by atoms with Crippen LogP contribution in [-0.2, 0) is 5.75 Å². The van der Waals surface area contributed by atoms with Gasteiger partial charge in [-0.15, -0.1) is 10.2 Å². The predicted octanol–water partition coefficient (Wildman–Crippen LogP) is 3.43. The summed E-state index contributed by atoms with van der Waals surface area (Å²) < 4.78 is 10.8. The predicted molar refractivity (Wildman–Crippen MR) is 80.1 cm³/mol. The summed E-state index contributed by atoms with van der Waals surface area (Å²) in [5.41, 5.74) is 1.96. The summed E-state index contributed by atoms with van der Waals surface area (Å²) in [5, 5.41) is 8.61. The lowest BCUT2D eigenvalue weighted by Gasteiger charge is -2.02. The van der Waals surface area contributed by atoms with Crippen LogP contribution in [0.1, 0.15) is 5.56 Å². The first kappa shape index (κ1) is 13.6. The number of methoxy groups -OCH3 is 1. The van der Waals surface area contributed by atoms with Crippen LogP contribution in [0.2, 0.25) is 0 Å². The van der Waals surface area contributed by atoms with E-state index >= 15 is 0 Å². The molecule has 2 heterocycles. The Morgan fingerprint density at radius 3 is 2.95 bits per heavy atom. The molecule has 0 N–H and O–H groups in total. The second-order valence-corrected chi connectivity index (χ2v) is 5.18. The monoisotopic (exact) mass is 299 g/mol. The molecule has 0 spiro atoms. The van der Waals surface area contributed by atoms with Crippen molar-refractivity contribution in [3.63, 3.8) is 0 Å². The number of pyridine rings is 1. The Balaban J connectivity index is 1.67. The first-order valence-corrected chi connectivity index (χ1v) is 7.33. The van der Waals surface area contributed by atoms with Crippen LogP contribution in [0, 0.1) is 0 Å². The van der Waals surface area contributed by atoms with E-state index in [0.717, 1.165) is 22.6 Å². The first-order valence-electron chi connectivity index (χ1n) is 6.35. The Morgan fingerprint density at radius 2 is 2.14 bits per heavy atom. The summed E-state index contributed by atoms with van der Waals surface area (Å²) in [5.74, 6) is 2.07. The number of nitrogens with zero attached hydrogens (tertiary/aromatic N) is 3. The van der Waals surface area contributed by atoms with Gasteiger partial charge in [0.05, 0.1) is 12.7 Å². The minimum atomic E-state index is 0.483. The van der Waals surface area contributed by atoms with Crippen molar-refractivity contribution in [2.24, 2.45) is 0 Å². The quantitative estimate of drug-likeness (QED) is 0.673. The number of hydrogen-bond donors (Lipinski definition) is 0. The highest BCUT2D eigenvalue weighted by molar-refractivity contribution is 7.98. The molecule has 21 heavy (non-hydrogen) atoms. The van der Waals surface area contributed by atoms with Crippen LogP contribution in [-0.4, -0.2) is 22.3 Å². The van der Waals surface area contributed by atoms with Crippen LogP contribution in [0.5, 0.6) is 5.75 Å². The standard InChI is InChI=1S/C15H13N3O2S/c1-19-13-6-2-4-11(8-13)10-21-15-18-17-14(20-15)12-5-3-7-16-9-12/h2-9H,10H2,1H3. The van der Waals surface area contributed by atoms with E-state index in [2.05, 4.69) is 15.2 Å². The Bertz CT molecular complexity index is 716. The molecule has 0 aliphatic rings. The zero-order valence-electron chi connectivity index (χ0n) is 11.4. The fraction of sp³-hybridized carbons (Fsp3) is 0.133. The van der Waals surface area contributed by atoms with E-state index in [1.165, 1.54) is 11.8 Å². The van der Waals surface area contributed by atoms with Crippen molar-refractivity contribution < 1.29 is 9.15 Å². The van der Waals surface area contributed by atoms with Gasteiger partial charge < -0.3 is 9.15 Å². The zero-order chi connectivity index (χ0) is 14.5. The van der Waals surface area contributed by atoms with Crippen molar-refractivity contribution in [1.82, 2.24) is 15.2 Å². The van der Waals surface area contributed by atoms with Gasteiger partial charge in [-0.2, -0.15) is 0 Å². The van der Waals surface area contributed by atoms with Crippen molar-refractivity contribution in [3.8, 4) is 17.2 Å². The van der Waals surface area contributed by atoms with Crippen molar-refractivity contribution in [1.29, 1.82) is 0 Å². The lowest BCUT2D eigenvalue weighted by Crippen LogP contribution is -1.85. The summed E-state index contributed by atoms with van der Waals surface area (Å²) in [4.78, 5) is 4.03. The van der Waals surface area contributed by atoms with Gasteiger partial charge in [-0.1, -0.05) is 23.9 Å². The Morgan fingerprint density at radius 1 is 1.19 bits per heavy atom. The molecule has 0 aliphatic heterocycles. The minimum Gasteiger partial charge on any atom is -0.497 e. The maximum atomic E-state index is 5.62. The summed E-state index contributed by atoms with van der Waals surface area (Å²) in [6, 6.07) is 11.6. The largest absolute Gasteiger partial charge is 0.497 e. The Hall–Kier alpha value is -2.34. The summed E-state index contributed by atoms with van der Waals surface area (Å²) in [6.07, 6.45) is 3.41. The van der Waals surface area contributed by atoms with Crippen molar-refractivity contribution in [2.75, 3.05) is 7.11 Å². The first-order chi connectivity index (χ1) is 10.3. The van der Waals surface area contributed by atoms with Gasteiger partial charge >= 0.3 is 0 Å². The molecular formula is C15H13N3O2S. The highest BCUT2D eigenvalue weighted by atomic mass is 32.2. The van der Waals surface area contributed by atoms with Crippen LogP contribution in [0.15, 0.2) is 58.4 Å². The molecule has 5 nitrogen and oxygen atoms in total. The lowest BCUT2D eigenvalue weighted by molar-refractivity contribution is 0.414. The SMILES string of the molecule is COc1cccc(CSc2nnc(-c3cccnc3)o2)c1. The molecule has 0 unspecified atom stereocenters. The highest BCUT2D eigenvalue weighted by Gasteiger charge is 2.09. The number of aromatic nitrogens is 3. The maximum absolute atomic E-state index is 5.62. The van der Waals surface area contributed by atoms with Crippen molar-refractivity contribution in [3.05, 3.63) is 54.4 Å². The number of ether oxygens (including phenoxy) is 1. The fourth-order valence-electron chi connectivity index (χ4n) is 1.78. The van der Waals surface area contributed by atoms with Gasteiger partial charge in [0, 0.05) is 18.1 Å². The maximum Gasteiger partial charge on any atom is 0.277 e. The lowest BCUT2D eigenvalue weighted by atomic mass is 10.2. The molecule has 0 amide bonds. The Labute approximate surface area is 126 Å². The molecule has 0 atom stereocenters. The third-order valence-electron chi connectivity index (χ3n) is 2.81. The molecule has 106 valence electrons.